The van der Waals surface area contributed by atoms with Crippen LogP contribution in [0.25, 0.3) is 0 Å². The van der Waals surface area contributed by atoms with Crippen molar-refractivity contribution in [1.82, 2.24) is 9.88 Å². The van der Waals surface area contributed by atoms with Gasteiger partial charge in [-0.25, -0.2) is 0 Å². The molecule has 1 atom stereocenters. The maximum Gasteiger partial charge on any atom is 0.251 e. The van der Waals surface area contributed by atoms with Crippen molar-refractivity contribution in [3.63, 3.8) is 0 Å². The van der Waals surface area contributed by atoms with Crippen LogP contribution in [0.4, 0.5) is 0 Å². The van der Waals surface area contributed by atoms with E-state index in [0.717, 1.165) is 17.9 Å². The minimum Gasteiger partial charge on any atom is -0.327 e. The summed E-state index contributed by atoms with van der Waals surface area (Å²) >= 11 is 1.49. The average Bonchev–Trinajstić information content (AvgIpc) is 2.49. The number of hydrogen-bond acceptors (Lipinski definition) is 3. The van der Waals surface area contributed by atoms with Gasteiger partial charge in [-0.3, -0.25) is 4.79 Å². The molecule has 2 rings (SSSR count). The van der Waals surface area contributed by atoms with Crippen LogP contribution in [0, 0.1) is 11.8 Å². The highest BCUT2D eigenvalue weighted by atomic mass is 35.5. The van der Waals surface area contributed by atoms with Gasteiger partial charge < -0.3 is 9.88 Å². The van der Waals surface area contributed by atoms with E-state index in [-0.39, 0.29) is 24.2 Å². The molecule has 1 aromatic rings. The maximum absolute atomic E-state index is 11.8. The predicted octanol–water partition coefficient (Wildman–Crippen LogP) is 0.791. The number of aryl methyl sites for hydroxylation is 1. The third kappa shape index (κ3) is 2.72. The highest BCUT2D eigenvalue weighted by molar-refractivity contribution is 7.07. The Bertz CT molecular complexity index is 422. The zero-order valence-electron chi connectivity index (χ0n) is 9.34. The van der Waals surface area contributed by atoms with Gasteiger partial charge in [0.2, 0.25) is 0 Å². The Balaban J connectivity index is 0.00000128. The molecule has 4 nitrogen and oxygen atoms in total. The lowest BCUT2D eigenvalue weighted by Crippen LogP contribution is -2.47. The third-order valence-electron chi connectivity index (χ3n) is 2.88. The summed E-state index contributed by atoms with van der Waals surface area (Å²) < 4.78 is 1.87. The molecule has 1 N–H and O–H groups in total. The molecule has 0 aliphatic carbocycles. The molecule has 0 radical (unpaired) electrons. The topological polar surface area (TPSA) is 46.4 Å². The van der Waals surface area contributed by atoms with E-state index < -0.39 is 0 Å². The van der Waals surface area contributed by atoms with Gasteiger partial charge in [0, 0.05) is 24.5 Å². The summed E-state index contributed by atoms with van der Waals surface area (Å²) in [5.74, 6) is 0.499. The van der Waals surface area contributed by atoms with Crippen LogP contribution in [0.15, 0.2) is 16.6 Å². The van der Waals surface area contributed by atoms with Gasteiger partial charge in [-0.15, -0.1) is 23.7 Å². The Labute approximate surface area is 105 Å². The Kier molecular flexibility index (Phi) is 4.70. The lowest BCUT2D eigenvalue weighted by atomic mass is 9.88. The van der Waals surface area contributed by atoms with Crippen molar-refractivity contribution < 1.29 is 4.79 Å². The fourth-order valence-electron chi connectivity index (χ4n) is 1.50. The van der Waals surface area contributed by atoms with Crippen LogP contribution in [0.1, 0.15) is 6.92 Å². The van der Waals surface area contributed by atoms with Crippen LogP contribution in [-0.4, -0.2) is 23.6 Å². The number of amides is 1. The summed E-state index contributed by atoms with van der Waals surface area (Å²) in [6.45, 7) is 3.85. The van der Waals surface area contributed by atoms with E-state index in [9.17, 15) is 4.79 Å². The first-order chi connectivity index (χ1) is 7.18. The van der Waals surface area contributed by atoms with E-state index in [0.29, 0.717) is 5.92 Å². The number of rotatable bonds is 2. The van der Waals surface area contributed by atoms with Gasteiger partial charge in [-0.2, -0.15) is 4.99 Å². The summed E-state index contributed by atoms with van der Waals surface area (Å²) in [4.78, 5) is 16.7. The highest BCUT2D eigenvalue weighted by Gasteiger charge is 2.28. The molecule has 1 saturated heterocycles. The third-order valence-corrected chi connectivity index (χ3v) is 3.72. The zero-order chi connectivity index (χ0) is 10.8. The first kappa shape index (κ1) is 13.4. The Morgan fingerprint density at radius 2 is 2.38 bits per heavy atom. The fraction of sp³-hybridized carbons (Fsp3) is 0.600. The number of carbonyl (C=O) groups excluding carboxylic acids is 1. The van der Waals surface area contributed by atoms with E-state index in [1.807, 2.05) is 30.1 Å². The monoisotopic (exact) mass is 261 g/mol. The molecule has 1 aromatic heterocycles. The summed E-state index contributed by atoms with van der Waals surface area (Å²) in [5.41, 5.74) is 0. The number of nitrogens with one attached hydrogen (secondary N) is 1. The second-order valence-corrected chi connectivity index (χ2v) is 4.83. The van der Waals surface area contributed by atoms with E-state index in [1.165, 1.54) is 11.3 Å². The van der Waals surface area contributed by atoms with Crippen LogP contribution >= 0.6 is 23.7 Å². The Morgan fingerprint density at radius 1 is 1.69 bits per heavy atom. The fourth-order valence-corrected chi connectivity index (χ4v) is 2.23. The summed E-state index contributed by atoms with van der Waals surface area (Å²) in [6, 6.07) is 0. The quantitative estimate of drug-likeness (QED) is 0.856. The number of halogens is 1. The van der Waals surface area contributed by atoms with Crippen LogP contribution in [0.3, 0.4) is 0 Å². The molecule has 1 aliphatic rings. The van der Waals surface area contributed by atoms with Crippen molar-refractivity contribution in [2.24, 2.45) is 23.9 Å². The molecule has 1 aliphatic heterocycles. The number of aromatic nitrogens is 1. The Morgan fingerprint density at radius 3 is 2.81 bits per heavy atom. The first-order valence-electron chi connectivity index (χ1n) is 5.08. The molecule has 1 unspecified atom stereocenters. The largest absolute Gasteiger partial charge is 0.327 e. The predicted molar refractivity (Wildman–Crippen MR) is 66.6 cm³/mol. The van der Waals surface area contributed by atoms with Crippen LogP contribution in [0.5, 0.6) is 0 Å². The minimum atomic E-state index is -0.000417. The maximum atomic E-state index is 11.8. The van der Waals surface area contributed by atoms with Gasteiger partial charge in [0.25, 0.3) is 5.91 Å². The van der Waals surface area contributed by atoms with E-state index in [1.54, 1.807) is 0 Å². The summed E-state index contributed by atoms with van der Waals surface area (Å²) in [5, 5.41) is 5.10. The van der Waals surface area contributed by atoms with E-state index in [4.69, 9.17) is 0 Å². The Hall–Kier alpha value is -0.650. The number of nitrogens with zero attached hydrogens (tertiary/aromatic N) is 2. The van der Waals surface area contributed by atoms with Gasteiger partial charge in [0.15, 0.2) is 4.80 Å². The first-order valence-corrected chi connectivity index (χ1v) is 5.96. The second kappa shape index (κ2) is 5.61. The molecule has 2 heterocycles. The standard InChI is InChI=1S/C10H15N3OS.ClH/c1-7(8-5-11-6-8)9(14)12-10-13(2)3-4-15-10;/h3-4,7-8,11H,5-6H2,1-2H3;1H. The molecule has 0 aromatic carbocycles. The number of hydrogen-bond donors (Lipinski definition) is 1. The van der Waals surface area contributed by atoms with Crippen molar-refractivity contribution in [3.05, 3.63) is 16.4 Å². The molecule has 90 valence electrons. The second-order valence-electron chi connectivity index (χ2n) is 3.95. The normalized spacial score (nSPS) is 18.8. The van der Waals surface area contributed by atoms with Gasteiger partial charge in [-0.1, -0.05) is 6.92 Å². The van der Waals surface area contributed by atoms with Crippen LogP contribution < -0.4 is 10.1 Å². The van der Waals surface area contributed by atoms with Crippen molar-refractivity contribution in [2.75, 3.05) is 13.1 Å². The lowest BCUT2D eigenvalue weighted by Gasteiger charge is -2.30. The molecular formula is C10H16ClN3OS. The van der Waals surface area contributed by atoms with Gasteiger partial charge in [0.1, 0.15) is 0 Å². The highest BCUT2D eigenvalue weighted by Crippen LogP contribution is 2.16. The molecule has 0 spiro atoms. The molecule has 16 heavy (non-hydrogen) atoms. The SMILES string of the molecule is CC(C(=O)N=c1sccn1C)C1CNC1.Cl. The zero-order valence-corrected chi connectivity index (χ0v) is 11.0. The van der Waals surface area contributed by atoms with E-state index >= 15 is 0 Å². The average molecular weight is 262 g/mol. The smallest absolute Gasteiger partial charge is 0.251 e. The van der Waals surface area contributed by atoms with Crippen molar-refractivity contribution in [2.45, 2.75) is 6.92 Å². The van der Waals surface area contributed by atoms with Crippen LogP contribution in [-0.2, 0) is 11.8 Å². The van der Waals surface area contributed by atoms with Crippen LogP contribution in [0.2, 0.25) is 0 Å². The number of thiazole rings is 1. The van der Waals surface area contributed by atoms with Gasteiger partial charge >= 0.3 is 0 Å². The molecular weight excluding hydrogens is 246 g/mol. The lowest BCUT2D eigenvalue weighted by molar-refractivity contribution is -0.123. The summed E-state index contributed by atoms with van der Waals surface area (Å²) in [7, 11) is 1.90. The molecule has 1 fully saturated rings. The molecule has 6 heteroatoms. The minimum absolute atomic E-state index is 0. The number of carbonyl (C=O) groups is 1. The van der Waals surface area contributed by atoms with Crippen molar-refractivity contribution >= 4 is 29.7 Å². The molecule has 0 bridgehead atoms. The van der Waals surface area contributed by atoms with Crippen molar-refractivity contribution in [1.29, 1.82) is 0 Å². The summed E-state index contributed by atoms with van der Waals surface area (Å²) in [6.07, 6.45) is 1.91. The van der Waals surface area contributed by atoms with Gasteiger partial charge in [0.05, 0.1) is 0 Å². The molecule has 1 amide bonds. The van der Waals surface area contributed by atoms with Gasteiger partial charge in [-0.05, 0) is 19.0 Å². The molecule has 0 saturated carbocycles. The van der Waals surface area contributed by atoms with E-state index in [2.05, 4.69) is 10.3 Å². The van der Waals surface area contributed by atoms with Crippen molar-refractivity contribution in [3.8, 4) is 0 Å².